The molecular formula is C15H23ClN2O2. The van der Waals surface area contributed by atoms with Crippen LogP contribution in [0.5, 0.6) is 0 Å². The number of benzene rings is 1. The monoisotopic (exact) mass is 298 g/mol. The Morgan fingerprint density at radius 3 is 2.80 bits per heavy atom. The molecule has 0 aromatic heterocycles. The summed E-state index contributed by atoms with van der Waals surface area (Å²) in [6.45, 7) is 3.11. The van der Waals surface area contributed by atoms with Crippen molar-refractivity contribution in [2.45, 2.75) is 18.9 Å². The first kappa shape index (κ1) is 17.0. The molecule has 1 saturated heterocycles. The molecule has 1 aliphatic heterocycles. The predicted octanol–water partition coefficient (Wildman–Crippen LogP) is 1.49. The van der Waals surface area contributed by atoms with E-state index in [4.69, 9.17) is 4.74 Å². The third kappa shape index (κ3) is 5.49. The van der Waals surface area contributed by atoms with Crippen LogP contribution in [-0.2, 0) is 16.0 Å². The van der Waals surface area contributed by atoms with Crippen molar-refractivity contribution >= 4 is 18.3 Å². The first-order chi connectivity index (χ1) is 9.25. The molecule has 2 rings (SSSR count). The molecule has 0 radical (unpaired) electrons. The zero-order chi connectivity index (χ0) is 13.5. The normalized spacial score (nSPS) is 18.1. The standard InChI is InChI=1S/C15H22N2O2.ClH/c1-17(9-7-13-5-3-2-4-6-13)15(18)11-14-12-16-8-10-19-14;/h2-6,14,16H,7-12H2,1H3;1H. The van der Waals surface area contributed by atoms with Crippen molar-refractivity contribution < 1.29 is 9.53 Å². The third-order valence-electron chi connectivity index (χ3n) is 3.41. The lowest BCUT2D eigenvalue weighted by Crippen LogP contribution is -2.42. The SMILES string of the molecule is CN(CCc1ccccc1)C(=O)CC1CNCCO1.Cl. The largest absolute Gasteiger partial charge is 0.375 e. The van der Waals surface area contributed by atoms with E-state index in [0.29, 0.717) is 13.0 Å². The number of amides is 1. The van der Waals surface area contributed by atoms with Crippen LogP contribution in [0.1, 0.15) is 12.0 Å². The van der Waals surface area contributed by atoms with Crippen LogP contribution in [0.4, 0.5) is 0 Å². The summed E-state index contributed by atoms with van der Waals surface area (Å²) in [5.74, 6) is 0.157. The lowest BCUT2D eigenvalue weighted by molar-refractivity contribution is -0.133. The van der Waals surface area contributed by atoms with E-state index in [1.807, 2.05) is 25.2 Å². The first-order valence-electron chi connectivity index (χ1n) is 6.86. The smallest absolute Gasteiger partial charge is 0.224 e. The topological polar surface area (TPSA) is 41.6 Å². The van der Waals surface area contributed by atoms with E-state index in [9.17, 15) is 4.79 Å². The zero-order valence-corrected chi connectivity index (χ0v) is 12.7. The summed E-state index contributed by atoms with van der Waals surface area (Å²) in [5.41, 5.74) is 1.26. The highest BCUT2D eigenvalue weighted by molar-refractivity contribution is 5.85. The van der Waals surface area contributed by atoms with Crippen LogP contribution in [-0.4, -0.2) is 50.2 Å². The average molecular weight is 299 g/mol. The molecule has 1 atom stereocenters. The zero-order valence-electron chi connectivity index (χ0n) is 11.9. The number of nitrogens with zero attached hydrogens (tertiary/aromatic N) is 1. The summed E-state index contributed by atoms with van der Waals surface area (Å²) in [6.07, 6.45) is 1.39. The number of likely N-dealkylation sites (N-methyl/N-ethyl adjacent to an activating group) is 1. The highest BCUT2D eigenvalue weighted by Crippen LogP contribution is 2.06. The van der Waals surface area contributed by atoms with Gasteiger partial charge in [-0.25, -0.2) is 0 Å². The van der Waals surface area contributed by atoms with Gasteiger partial charge < -0.3 is 15.0 Å². The molecule has 4 nitrogen and oxygen atoms in total. The van der Waals surface area contributed by atoms with E-state index in [1.165, 1.54) is 5.56 Å². The van der Waals surface area contributed by atoms with E-state index in [-0.39, 0.29) is 24.4 Å². The van der Waals surface area contributed by atoms with Gasteiger partial charge in [-0.2, -0.15) is 0 Å². The summed E-state index contributed by atoms with van der Waals surface area (Å²) in [7, 11) is 1.86. The molecule has 20 heavy (non-hydrogen) atoms. The Kier molecular flexibility index (Phi) is 7.59. The van der Waals surface area contributed by atoms with E-state index < -0.39 is 0 Å². The molecule has 1 aromatic rings. The maximum absolute atomic E-state index is 12.1. The van der Waals surface area contributed by atoms with Gasteiger partial charge >= 0.3 is 0 Å². The first-order valence-corrected chi connectivity index (χ1v) is 6.86. The lowest BCUT2D eigenvalue weighted by atomic mass is 10.1. The number of carbonyl (C=O) groups is 1. The molecule has 0 bridgehead atoms. The van der Waals surface area contributed by atoms with Gasteiger partial charge in [-0.3, -0.25) is 4.79 Å². The predicted molar refractivity (Wildman–Crippen MR) is 82.3 cm³/mol. The fraction of sp³-hybridized carbons (Fsp3) is 0.533. The molecule has 1 amide bonds. The molecule has 1 aromatic carbocycles. The minimum absolute atomic E-state index is 0. The van der Waals surface area contributed by atoms with Crippen LogP contribution in [0.3, 0.4) is 0 Å². The second kappa shape index (κ2) is 8.95. The summed E-state index contributed by atoms with van der Waals surface area (Å²) < 4.78 is 5.55. The second-order valence-corrected chi connectivity index (χ2v) is 4.95. The summed E-state index contributed by atoms with van der Waals surface area (Å²) >= 11 is 0. The van der Waals surface area contributed by atoms with E-state index in [0.717, 1.165) is 26.1 Å². The molecular weight excluding hydrogens is 276 g/mol. The Bertz CT molecular complexity index is 394. The molecule has 1 N–H and O–H groups in total. The van der Waals surface area contributed by atoms with Crippen LogP contribution in [0, 0.1) is 0 Å². The van der Waals surface area contributed by atoms with Crippen molar-refractivity contribution in [3.63, 3.8) is 0 Å². The Morgan fingerprint density at radius 1 is 1.40 bits per heavy atom. The molecule has 112 valence electrons. The van der Waals surface area contributed by atoms with E-state index in [2.05, 4.69) is 17.4 Å². The molecule has 1 fully saturated rings. The van der Waals surface area contributed by atoms with E-state index >= 15 is 0 Å². The van der Waals surface area contributed by atoms with Crippen molar-refractivity contribution in [2.24, 2.45) is 0 Å². The average Bonchev–Trinajstić information content (AvgIpc) is 2.47. The highest BCUT2D eigenvalue weighted by Gasteiger charge is 2.19. The minimum Gasteiger partial charge on any atom is -0.375 e. The number of hydrogen-bond donors (Lipinski definition) is 1. The summed E-state index contributed by atoms with van der Waals surface area (Å²) in [5, 5.41) is 3.24. The van der Waals surface area contributed by atoms with Crippen LogP contribution in [0.25, 0.3) is 0 Å². The molecule has 1 heterocycles. The fourth-order valence-corrected chi connectivity index (χ4v) is 2.17. The minimum atomic E-state index is 0. The number of morpholine rings is 1. The summed E-state index contributed by atoms with van der Waals surface area (Å²) in [4.78, 5) is 13.8. The van der Waals surface area contributed by atoms with Gasteiger partial charge in [-0.15, -0.1) is 12.4 Å². The molecule has 1 unspecified atom stereocenters. The fourth-order valence-electron chi connectivity index (χ4n) is 2.17. The highest BCUT2D eigenvalue weighted by atomic mass is 35.5. The van der Waals surface area contributed by atoms with Crippen molar-refractivity contribution in [2.75, 3.05) is 33.3 Å². The van der Waals surface area contributed by atoms with Gasteiger partial charge in [0, 0.05) is 26.7 Å². The number of nitrogens with one attached hydrogen (secondary N) is 1. The quantitative estimate of drug-likeness (QED) is 0.895. The van der Waals surface area contributed by atoms with Crippen LogP contribution < -0.4 is 5.32 Å². The van der Waals surface area contributed by atoms with Crippen molar-refractivity contribution in [3.05, 3.63) is 35.9 Å². The maximum Gasteiger partial charge on any atom is 0.224 e. The number of halogens is 1. The Balaban J connectivity index is 0.00000200. The maximum atomic E-state index is 12.1. The molecule has 0 aliphatic carbocycles. The van der Waals surface area contributed by atoms with Gasteiger partial charge in [0.1, 0.15) is 0 Å². The van der Waals surface area contributed by atoms with Gasteiger partial charge in [0.2, 0.25) is 5.91 Å². The van der Waals surface area contributed by atoms with Gasteiger partial charge in [0.25, 0.3) is 0 Å². The number of ether oxygens (including phenoxy) is 1. The molecule has 5 heteroatoms. The van der Waals surface area contributed by atoms with Crippen molar-refractivity contribution in [1.82, 2.24) is 10.2 Å². The Labute approximate surface area is 126 Å². The number of carbonyl (C=O) groups excluding carboxylic acids is 1. The van der Waals surface area contributed by atoms with Gasteiger partial charge in [0.15, 0.2) is 0 Å². The van der Waals surface area contributed by atoms with Crippen molar-refractivity contribution in [3.8, 4) is 0 Å². The van der Waals surface area contributed by atoms with E-state index in [1.54, 1.807) is 4.90 Å². The van der Waals surface area contributed by atoms with Gasteiger partial charge in [0.05, 0.1) is 19.1 Å². The number of hydrogen-bond acceptors (Lipinski definition) is 3. The third-order valence-corrected chi connectivity index (χ3v) is 3.41. The second-order valence-electron chi connectivity index (χ2n) is 4.95. The van der Waals surface area contributed by atoms with Crippen LogP contribution in [0.2, 0.25) is 0 Å². The van der Waals surface area contributed by atoms with Crippen molar-refractivity contribution in [1.29, 1.82) is 0 Å². The van der Waals surface area contributed by atoms with Gasteiger partial charge in [-0.05, 0) is 12.0 Å². The summed E-state index contributed by atoms with van der Waals surface area (Å²) in [6, 6.07) is 10.2. The number of rotatable bonds is 5. The molecule has 1 aliphatic rings. The molecule has 0 spiro atoms. The Hall–Kier alpha value is -1.10. The molecule has 0 saturated carbocycles. The Morgan fingerprint density at radius 2 is 2.15 bits per heavy atom. The van der Waals surface area contributed by atoms with Crippen LogP contribution >= 0.6 is 12.4 Å². The van der Waals surface area contributed by atoms with Gasteiger partial charge in [-0.1, -0.05) is 30.3 Å². The van der Waals surface area contributed by atoms with Crippen LogP contribution in [0.15, 0.2) is 30.3 Å². The lowest BCUT2D eigenvalue weighted by Gasteiger charge is -2.25.